The minimum absolute atomic E-state index is 0.322. The number of benzene rings is 1. The number of rotatable bonds is 5. The number of ether oxygens (including phenoxy) is 2. The van der Waals surface area contributed by atoms with Crippen LogP contribution in [0, 0.1) is 16.7 Å². The standard InChI is InChI=1S/C21H30BrNO2/c1-19-7-15-8-20(2,11-19)13-21(9-15,12-19)23-10-14-5-16(22)18(25-4)17(6-14)24-3/h5-6,15,23H,7-13H2,1-4H3. The second kappa shape index (κ2) is 5.88. The third kappa shape index (κ3) is 3.10. The topological polar surface area (TPSA) is 30.5 Å². The van der Waals surface area contributed by atoms with Crippen LogP contribution in [0.5, 0.6) is 11.5 Å². The lowest BCUT2D eigenvalue weighted by Gasteiger charge is -2.65. The minimum Gasteiger partial charge on any atom is -0.493 e. The summed E-state index contributed by atoms with van der Waals surface area (Å²) in [5, 5.41) is 3.99. The van der Waals surface area contributed by atoms with Gasteiger partial charge in [0.05, 0.1) is 18.7 Å². The Bertz CT molecular complexity index is 671. The molecule has 4 aliphatic rings. The molecule has 0 amide bonds. The summed E-state index contributed by atoms with van der Waals surface area (Å²) in [6.07, 6.45) is 8.32. The Hall–Kier alpha value is -0.740. The van der Waals surface area contributed by atoms with Gasteiger partial charge in [0.2, 0.25) is 0 Å². The summed E-state index contributed by atoms with van der Waals surface area (Å²) in [6, 6.07) is 4.25. The Labute approximate surface area is 160 Å². The quantitative estimate of drug-likeness (QED) is 0.717. The lowest BCUT2D eigenvalue weighted by Crippen LogP contribution is -2.63. The third-order valence-electron chi connectivity index (χ3n) is 6.79. The number of nitrogens with one attached hydrogen (secondary N) is 1. The number of halogens is 1. The monoisotopic (exact) mass is 407 g/mol. The molecule has 1 aromatic carbocycles. The van der Waals surface area contributed by atoms with E-state index in [1.54, 1.807) is 14.2 Å². The van der Waals surface area contributed by atoms with Crippen molar-refractivity contribution >= 4 is 15.9 Å². The van der Waals surface area contributed by atoms with Crippen molar-refractivity contribution in [3.63, 3.8) is 0 Å². The Morgan fingerprint density at radius 2 is 1.72 bits per heavy atom. The van der Waals surface area contributed by atoms with E-state index in [1.807, 2.05) is 0 Å². The lowest BCUT2D eigenvalue weighted by molar-refractivity contribution is -0.118. The molecule has 4 heteroatoms. The molecular formula is C21H30BrNO2. The lowest BCUT2D eigenvalue weighted by atomic mass is 9.43. The predicted octanol–water partition coefficient (Wildman–Crippen LogP) is 5.30. The van der Waals surface area contributed by atoms with Gasteiger partial charge in [-0.05, 0) is 88.9 Å². The van der Waals surface area contributed by atoms with Crippen molar-refractivity contribution < 1.29 is 9.47 Å². The molecule has 0 aromatic heterocycles. The fourth-order valence-corrected chi connectivity index (χ4v) is 7.66. The van der Waals surface area contributed by atoms with Crippen LogP contribution in [0.4, 0.5) is 0 Å². The van der Waals surface area contributed by atoms with Crippen LogP contribution in [0.15, 0.2) is 16.6 Å². The highest BCUT2D eigenvalue weighted by atomic mass is 79.9. The first-order valence-corrected chi connectivity index (χ1v) is 10.2. The van der Waals surface area contributed by atoms with E-state index in [9.17, 15) is 0 Å². The summed E-state index contributed by atoms with van der Waals surface area (Å²) >= 11 is 3.62. The van der Waals surface area contributed by atoms with Crippen LogP contribution in [-0.4, -0.2) is 19.8 Å². The summed E-state index contributed by atoms with van der Waals surface area (Å²) in [7, 11) is 3.37. The fourth-order valence-electron chi connectivity index (χ4n) is 7.01. The van der Waals surface area contributed by atoms with E-state index in [0.29, 0.717) is 16.4 Å². The molecule has 0 saturated heterocycles. The molecule has 4 fully saturated rings. The Morgan fingerprint density at radius 1 is 1.04 bits per heavy atom. The van der Waals surface area contributed by atoms with Crippen molar-refractivity contribution in [1.82, 2.24) is 5.32 Å². The number of methoxy groups -OCH3 is 2. The largest absolute Gasteiger partial charge is 0.493 e. The van der Waals surface area contributed by atoms with Crippen LogP contribution in [0.3, 0.4) is 0 Å². The van der Waals surface area contributed by atoms with Crippen LogP contribution in [-0.2, 0) is 6.54 Å². The second-order valence-corrected chi connectivity index (χ2v) is 10.4. The molecule has 4 aliphatic carbocycles. The predicted molar refractivity (Wildman–Crippen MR) is 104 cm³/mol. The molecule has 0 spiro atoms. The molecule has 4 saturated carbocycles. The maximum atomic E-state index is 5.50. The molecule has 0 heterocycles. The maximum Gasteiger partial charge on any atom is 0.174 e. The van der Waals surface area contributed by atoms with Crippen LogP contribution in [0.1, 0.15) is 57.9 Å². The van der Waals surface area contributed by atoms with Gasteiger partial charge in [0, 0.05) is 12.1 Å². The summed E-state index contributed by atoms with van der Waals surface area (Å²) in [5.41, 5.74) is 2.65. The first-order valence-electron chi connectivity index (χ1n) is 9.43. The van der Waals surface area contributed by atoms with E-state index in [1.165, 1.54) is 44.1 Å². The van der Waals surface area contributed by atoms with Crippen molar-refractivity contribution in [2.24, 2.45) is 16.7 Å². The van der Waals surface area contributed by atoms with Gasteiger partial charge in [-0.15, -0.1) is 0 Å². The molecule has 2 unspecified atom stereocenters. The Balaban J connectivity index is 1.55. The molecule has 138 valence electrons. The SMILES string of the molecule is COc1cc(CNC23CC4CC(C)(CC(C)(C4)C2)C3)cc(Br)c1OC. The van der Waals surface area contributed by atoms with Crippen molar-refractivity contribution in [3.05, 3.63) is 22.2 Å². The maximum absolute atomic E-state index is 5.50. The normalized spacial score (nSPS) is 38.8. The summed E-state index contributed by atoms with van der Waals surface area (Å²) in [6.45, 7) is 5.94. The van der Waals surface area contributed by atoms with Crippen LogP contribution in [0.2, 0.25) is 0 Å². The van der Waals surface area contributed by atoms with Gasteiger partial charge in [0.1, 0.15) is 0 Å². The van der Waals surface area contributed by atoms with E-state index < -0.39 is 0 Å². The van der Waals surface area contributed by atoms with Crippen molar-refractivity contribution in [2.45, 2.75) is 64.5 Å². The van der Waals surface area contributed by atoms with E-state index in [-0.39, 0.29) is 0 Å². The molecule has 25 heavy (non-hydrogen) atoms. The molecule has 2 atom stereocenters. The van der Waals surface area contributed by atoms with Crippen molar-refractivity contribution in [1.29, 1.82) is 0 Å². The van der Waals surface area contributed by atoms with E-state index in [4.69, 9.17) is 9.47 Å². The molecule has 4 bridgehead atoms. The number of hydrogen-bond acceptors (Lipinski definition) is 3. The summed E-state index contributed by atoms with van der Waals surface area (Å²) in [5.74, 6) is 2.47. The second-order valence-electron chi connectivity index (χ2n) is 9.58. The van der Waals surface area contributed by atoms with Crippen LogP contribution >= 0.6 is 15.9 Å². The van der Waals surface area contributed by atoms with Gasteiger partial charge in [0.15, 0.2) is 11.5 Å². The summed E-state index contributed by atoms with van der Waals surface area (Å²) < 4.78 is 11.9. The van der Waals surface area contributed by atoms with Gasteiger partial charge in [-0.1, -0.05) is 13.8 Å². The van der Waals surface area contributed by atoms with Crippen molar-refractivity contribution in [3.8, 4) is 11.5 Å². The van der Waals surface area contributed by atoms with E-state index in [0.717, 1.165) is 28.4 Å². The van der Waals surface area contributed by atoms with Crippen LogP contribution in [0.25, 0.3) is 0 Å². The van der Waals surface area contributed by atoms with Gasteiger partial charge < -0.3 is 14.8 Å². The highest BCUT2D eigenvalue weighted by Crippen LogP contribution is 2.66. The van der Waals surface area contributed by atoms with Gasteiger partial charge in [-0.2, -0.15) is 0 Å². The highest BCUT2D eigenvalue weighted by molar-refractivity contribution is 9.10. The zero-order chi connectivity index (χ0) is 17.9. The third-order valence-corrected chi connectivity index (χ3v) is 7.38. The highest BCUT2D eigenvalue weighted by Gasteiger charge is 2.59. The molecule has 0 radical (unpaired) electrons. The summed E-state index contributed by atoms with van der Waals surface area (Å²) in [4.78, 5) is 0. The molecule has 1 N–H and O–H groups in total. The Kier molecular flexibility index (Phi) is 4.16. The fraction of sp³-hybridized carbons (Fsp3) is 0.714. The smallest absolute Gasteiger partial charge is 0.174 e. The van der Waals surface area contributed by atoms with Gasteiger partial charge in [-0.3, -0.25) is 0 Å². The molecule has 1 aromatic rings. The molecular weight excluding hydrogens is 378 g/mol. The first-order chi connectivity index (χ1) is 11.8. The van der Waals surface area contributed by atoms with E-state index >= 15 is 0 Å². The van der Waals surface area contributed by atoms with Gasteiger partial charge >= 0.3 is 0 Å². The minimum atomic E-state index is 0.322. The van der Waals surface area contributed by atoms with Gasteiger partial charge in [0.25, 0.3) is 0 Å². The average Bonchev–Trinajstić information content (AvgIpc) is 2.49. The van der Waals surface area contributed by atoms with Crippen LogP contribution < -0.4 is 14.8 Å². The number of hydrogen-bond donors (Lipinski definition) is 1. The van der Waals surface area contributed by atoms with E-state index in [2.05, 4.69) is 47.2 Å². The van der Waals surface area contributed by atoms with Gasteiger partial charge in [-0.25, -0.2) is 0 Å². The van der Waals surface area contributed by atoms with Crippen molar-refractivity contribution in [2.75, 3.05) is 14.2 Å². The zero-order valence-electron chi connectivity index (χ0n) is 15.9. The average molecular weight is 408 g/mol. The molecule has 3 nitrogen and oxygen atoms in total. The zero-order valence-corrected chi connectivity index (χ0v) is 17.5. The molecule has 5 rings (SSSR count). The first kappa shape index (κ1) is 17.7. The Morgan fingerprint density at radius 3 is 2.28 bits per heavy atom. The molecule has 0 aliphatic heterocycles.